The third-order valence-corrected chi connectivity index (χ3v) is 3.04. The summed E-state index contributed by atoms with van der Waals surface area (Å²) in [7, 11) is 1.95. The third kappa shape index (κ3) is 4.99. The van der Waals surface area contributed by atoms with Crippen LogP contribution >= 0.6 is 24.0 Å². The predicted molar refractivity (Wildman–Crippen MR) is 85.2 cm³/mol. The Kier molecular flexibility index (Phi) is 6.94. The number of nitrogens with two attached hydrogens (primary N) is 1. The van der Waals surface area contributed by atoms with Crippen molar-refractivity contribution in [2.45, 2.75) is 39.7 Å². The van der Waals surface area contributed by atoms with Gasteiger partial charge in [0.25, 0.3) is 0 Å². The minimum absolute atomic E-state index is 0. The summed E-state index contributed by atoms with van der Waals surface area (Å²) in [4.78, 5) is 18.1. The largest absolute Gasteiger partial charge is 0.370 e. The van der Waals surface area contributed by atoms with Gasteiger partial charge in [0, 0.05) is 19.6 Å². The zero-order valence-electron chi connectivity index (χ0n) is 11.7. The second-order valence-electron chi connectivity index (χ2n) is 5.26. The number of hydrogen-bond acceptors (Lipinski definition) is 2. The van der Waals surface area contributed by atoms with E-state index in [1.54, 1.807) is 0 Å². The quantitative estimate of drug-likeness (QED) is 0.435. The fourth-order valence-electron chi connectivity index (χ4n) is 1.51. The Balaban J connectivity index is 0.00000289. The molecule has 1 rings (SSSR count). The molecule has 3 N–H and O–H groups in total. The Hall–Kier alpha value is -0.530. The first-order valence-corrected chi connectivity index (χ1v) is 6.19. The van der Waals surface area contributed by atoms with E-state index in [4.69, 9.17) is 5.73 Å². The van der Waals surface area contributed by atoms with Gasteiger partial charge in [-0.15, -0.1) is 24.0 Å². The molecule has 0 aromatic carbocycles. The molecule has 0 unspecified atom stereocenters. The molecule has 0 heterocycles. The van der Waals surface area contributed by atoms with Crippen molar-refractivity contribution in [1.82, 2.24) is 10.2 Å². The average molecular weight is 368 g/mol. The van der Waals surface area contributed by atoms with Gasteiger partial charge in [-0.2, -0.15) is 0 Å². The van der Waals surface area contributed by atoms with Gasteiger partial charge in [-0.25, -0.2) is 0 Å². The number of aliphatic imine (C=N–C) groups is 1. The Bertz CT molecular complexity index is 313. The van der Waals surface area contributed by atoms with E-state index in [2.05, 4.69) is 10.3 Å². The summed E-state index contributed by atoms with van der Waals surface area (Å²) in [6.45, 7) is 6.73. The number of hydrogen-bond donors (Lipinski definition) is 2. The molecule has 0 bridgehead atoms. The first kappa shape index (κ1) is 17.5. The van der Waals surface area contributed by atoms with Crippen molar-refractivity contribution in [3.05, 3.63) is 0 Å². The van der Waals surface area contributed by atoms with Crippen molar-refractivity contribution in [2.24, 2.45) is 16.1 Å². The molecule has 0 saturated heterocycles. The van der Waals surface area contributed by atoms with Crippen LogP contribution in [0.25, 0.3) is 0 Å². The van der Waals surface area contributed by atoms with Crippen molar-refractivity contribution in [3.8, 4) is 0 Å². The number of halogens is 1. The molecule has 1 saturated carbocycles. The molecule has 0 aliphatic heterocycles. The standard InChI is InChI=1S/C12H24N4O.HI/c1-5-14-10(17)12(2,3)8-15-11(13)16(4)9-6-7-9;/h9H,5-8H2,1-4H3,(H2,13,15)(H,14,17);1H. The normalized spacial score (nSPS) is 15.9. The third-order valence-electron chi connectivity index (χ3n) is 3.04. The van der Waals surface area contributed by atoms with Crippen molar-refractivity contribution in [1.29, 1.82) is 0 Å². The van der Waals surface area contributed by atoms with Gasteiger partial charge in [0.2, 0.25) is 5.91 Å². The molecule has 1 aliphatic carbocycles. The van der Waals surface area contributed by atoms with Crippen LogP contribution in [0.1, 0.15) is 33.6 Å². The van der Waals surface area contributed by atoms with Gasteiger partial charge in [0.1, 0.15) is 0 Å². The molecule has 0 aromatic rings. The molecule has 0 atom stereocenters. The number of nitrogens with one attached hydrogen (secondary N) is 1. The maximum absolute atomic E-state index is 11.8. The molecule has 0 aromatic heterocycles. The van der Waals surface area contributed by atoms with Gasteiger partial charge in [-0.1, -0.05) is 0 Å². The fourth-order valence-corrected chi connectivity index (χ4v) is 1.51. The second kappa shape index (κ2) is 7.16. The van der Waals surface area contributed by atoms with Gasteiger partial charge < -0.3 is 16.0 Å². The Morgan fingerprint density at radius 3 is 2.50 bits per heavy atom. The SMILES string of the molecule is CCNC(=O)C(C)(C)CN=C(N)N(C)C1CC1.I. The first-order valence-electron chi connectivity index (χ1n) is 6.19. The van der Waals surface area contributed by atoms with E-state index in [9.17, 15) is 4.79 Å². The minimum atomic E-state index is -0.509. The summed E-state index contributed by atoms with van der Waals surface area (Å²) in [6, 6.07) is 0.548. The molecule has 6 heteroatoms. The fraction of sp³-hybridized carbons (Fsp3) is 0.833. The monoisotopic (exact) mass is 368 g/mol. The van der Waals surface area contributed by atoms with E-state index in [-0.39, 0.29) is 29.9 Å². The van der Waals surface area contributed by atoms with E-state index in [1.165, 1.54) is 12.8 Å². The summed E-state index contributed by atoms with van der Waals surface area (Å²) in [5.74, 6) is 0.551. The average Bonchev–Trinajstić information content (AvgIpc) is 3.09. The van der Waals surface area contributed by atoms with Crippen LogP contribution in [0.2, 0.25) is 0 Å². The first-order chi connectivity index (χ1) is 7.88. The Morgan fingerprint density at radius 2 is 2.06 bits per heavy atom. The lowest BCUT2D eigenvalue weighted by Crippen LogP contribution is -2.41. The van der Waals surface area contributed by atoms with Crippen LogP contribution in [0.5, 0.6) is 0 Å². The lowest BCUT2D eigenvalue weighted by atomic mass is 9.92. The molecular weight excluding hydrogens is 343 g/mol. The van der Waals surface area contributed by atoms with Gasteiger partial charge in [-0.05, 0) is 33.6 Å². The lowest BCUT2D eigenvalue weighted by molar-refractivity contribution is -0.128. The lowest BCUT2D eigenvalue weighted by Gasteiger charge is -2.23. The minimum Gasteiger partial charge on any atom is -0.370 e. The summed E-state index contributed by atoms with van der Waals surface area (Å²) >= 11 is 0. The number of rotatable bonds is 5. The van der Waals surface area contributed by atoms with E-state index < -0.39 is 5.41 Å². The topological polar surface area (TPSA) is 70.7 Å². The molecule has 18 heavy (non-hydrogen) atoms. The smallest absolute Gasteiger partial charge is 0.227 e. The van der Waals surface area contributed by atoms with E-state index >= 15 is 0 Å². The zero-order valence-corrected chi connectivity index (χ0v) is 14.0. The molecule has 5 nitrogen and oxygen atoms in total. The van der Waals surface area contributed by atoms with Crippen LogP contribution in [0.4, 0.5) is 0 Å². The van der Waals surface area contributed by atoms with Crippen molar-refractivity contribution >= 4 is 35.8 Å². The van der Waals surface area contributed by atoms with Gasteiger partial charge in [0.05, 0.1) is 12.0 Å². The molecule has 0 spiro atoms. The maximum atomic E-state index is 11.8. The van der Waals surface area contributed by atoms with Crippen LogP contribution in [0.15, 0.2) is 4.99 Å². The van der Waals surface area contributed by atoms with Crippen LogP contribution < -0.4 is 11.1 Å². The Labute approximate surface area is 127 Å². The van der Waals surface area contributed by atoms with Crippen LogP contribution in [0.3, 0.4) is 0 Å². The van der Waals surface area contributed by atoms with Gasteiger partial charge in [-0.3, -0.25) is 9.79 Å². The summed E-state index contributed by atoms with van der Waals surface area (Å²) < 4.78 is 0. The highest BCUT2D eigenvalue weighted by molar-refractivity contribution is 14.0. The number of guanidine groups is 1. The van der Waals surface area contributed by atoms with Crippen LogP contribution in [-0.2, 0) is 4.79 Å². The second-order valence-corrected chi connectivity index (χ2v) is 5.26. The molecule has 1 aliphatic rings. The van der Waals surface area contributed by atoms with Crippen LogP contribution in [-0.4, -0.2) is 42.9 Å². The maximum Gasteiger partial charge on any atom is 0.227 e. The van der Waals surface area contributed by atoms with E-state index in [0.29, 0.717) is 25.1 Å². The van der Waals surface area contributed by atoms with E-state index in [0.717, 1.165) is 0 Å². The summed E-state index contributed by atoms with van der Waals surface area (Å²) in [5, 5.41) is 2.81. The molecule has 1 amide bonds. The number of amides is 1. The number of nitrogens with zero attached hydrogens (tertiary/aromatic N) is 2. The van der Waals surface area contributed by atoms with Crippen molar-refractivity contribution < 1.29 is 4.79 Å². The molecule has 0 radical (unpaired) electrons. The number of carbonyl (C=O) groups excluding carboxylic acids is 1. The van der Waals surface area contributed by atoms with Crippen molar-refractivity contribution in [3.63, 3.8) is 0 Å². The van der Waals surface area contributed by atoms with Gasteiger partial charge >= 0.3 is 0 Å². The summed E-state index contributed by atoms with van der Waals surface area (Å²) in [6.07, 6.45) is 2.37. The molecule has 106 valence electrons. The molecule has 1 fully saturated rings. The van der Waals surface area contributed by atoms with Crippen LogP contribution in [0, 0.1) is 5.41 Å². The number of carbonyl (C=O) groups is 1. The summed E-state index contributed by atoms with van der Waals surface area (Å²) in [5.41, 5.74) is 5.37. The van der Waals surface area contributed by atoms with Gasteiger partial charge in [0.15, 0.2) is 5.96 Å². The van der Waals surface area contributed by atoms with E-state index in [1.807, 2.05) is 32.7 Å². The predicted octanol–water partition coefficient (Wildman–Crippen LogP) is 1.18. The highest BCUT2D eigenvalue weighted by Gasteiger charge is 2.29. The van der Waals surface area contributed by atoms with Crippen molar-refractivity contribution in [2.75, 3.05) is 20.1 Å². The molecular formula is C12H25IN4O. The highest BCUT2D eigenvalue weighted by atomic mass is 127. The Morgan fingerprint density at radius 1 is 1.50 bits per heavy atom. The highest BCUT2D eigenvalue weighted by Crippen LogP contribution is 2.25. The zero-order chi connectivity index (χ0) is 13.1.